The summed E-state index contributed by atoms with van der Waals surface area (Å²) < 4.78 is 43.6. The highest BCUT2D eigenvalue weighted by Gasteiger charge is 2.51. The molecule has 1 aliphatic rings. The predicted octanol–water partition coefficient (Wildman–Crippen LogP) is 2.30. The van der Waals surface area contributed by atoms with Gasteiger partial charge in [0.2, 0.25) is 0 Å². The van der Waals surface area contributed by atoms with E-state index >= 15 is 0 Å². The maximum Gasteiger partial charge on any atom is 0.315 e. The van der Waals surface area contributed by atoms with Gasteiger partial charge in [-0.1, -0.05) is 19.2 Å². The Morgan fingerprint density at radius 2 is 2.11 bits per heavy atom. The van der Waals surface area contributed by atoms with Crippen molar-refractivity contribution in [2.75, 3.05) is 6.67 Å². The second kappa shape index (κ2) is 5.14. The molecule has 0 radical (unpaired) electrons. The van der Waals surface area contributed by atoms with Gasteiger partial charge in [-0.2, -0.15) is 8.78 Å². The molecule has 2 atom stereocenters. The Balaban J connectivity index is 3.11. The molecule has 0 aromatic carbocycles. The molecule has 1 heterocycles. The molecular formula is C12H16F3NO2. The second-order valence-corrected chi connectivity index (χ2v) is 4.49. The highest BCUT2D eigenvalue weighted by molar-refractivity contribution is 5.80. The van der Waals surface area contributed by atoms with Crippen LogP contribution in [0.3, 0.4) is 0 Å². The van der Waals surface area contributed by atoms with Gasteiger partial charge >= 0.3 is 6.43 Å². The molecule has 0 bridgehead atoms. The van der Waals surface area contributed by atoms with Crippen molar-refractivity contribution in [2.24, 2.45) is 0 Å². The fourth-order valence-corrected chi connectivity index (χ4v) is 2.10. The fourth-order valence-electron chi connectivity index (χ4n) is 2.10. The number of halogens is 3. The number of nitrogens with zero attached hydrogens (tertiary/aromatic N) is 1. The number of alkyl halides is 3. The van der Waals surface area contributed by atoms with Crippen molar-refractivity contribution in [3.63, 3.8) is 0 Å². The second-order valence-electron chi connectivity index (χ2n) is 4.49. The van der Waals surface area contributed by atoms with Gasteiger partial charge in [0.15, 0.2) is 0 Å². The van der Waals surface area contributed by atoms with Crippen molar-refractivity contribution in [1.29, 1.82) is 0 Å². The average Bonchev–Trinajstić information content (AvgIpc) is 2.57. The van der Waals surface area contributed by atoms with E-state index in [0.717, 1.165) is 4.90 Å². The van der Waals surface area contributed by atoms with Gasteiger partial charge in [0.1, 0.15) is 18.5 Å². The fraction of sp³-hybridized carbons (Fsp3) is 0.583. The first kappa shape index (κ1) is 14.8. The number of ether oxygens (including phenoxy) is 1. The van der Waals surface area contributed by atoms with E-state index < -0.39 is 36.9 Å². The summed E-state index contributed by atoms with van der Waals surface area (Å²) in [4.78, 5) is 12.2. The van der Waals surface area contributed by atoms with Crippen LogP contribution >= 0.6 is 0 Å². The minimum absolute atomic E-state index is 0.357. The van der Waals surface area contributed by atoms with E-state index in [1.54, 1.807) is 0 Å². The van der Waals surface area contributed by atoms with Crippen LogP contribution in [0.25, 0.3) is 0 Å². The van der Waals surface area contributed by atoms with Gasteiger partial charge < -0.3 is 9.64 Å². The largest absolute Gasteiger partial charge is 0.346 e. The lowest BCUT2D eigenvalue weighted by atomic mass is 10.0. The summed E-state index contributed by atoms with van der Waals surface area (Å²) in [5.74, 6) is -1.44. The summed E-state index contributed by atoms with van der Waals surface area (Å²) >= 11 is 0. The lowest BCUT2D eigenvalue weighted by Gasteiger charge is -2.32. The van der Waals surface area contributed by atoms with E-state index in [-0.39, 0.29) is 0 Å². The number of hydrogen-bond acceptors (Lipinski definition) is 2. The molecule has 3 nitrogen and oxygen atoms in total. The Morgan fingerprint density at radius 1 is 1.56 bits per heavy atom. The molecule has 0 aromatic heterocycles. The minimum Gasteiger partial charge on any atom is -0.346 e. The van der Waals surface area contributed by atoms with Crippen LogP contribution in [0.1, 0.15) is 13.8 Å². The molecule has 1 rings (SSSR count). The standard InChI is InChI=1S/C12H16F3NO2/c1-5-7(2)9-8(6-13)16(11(17)10(14)15)12(3,4)18-9/h5,8-10H,1-2,6H2,3-4H3. The zero-order valence-electron chi connectivity index (χ0n) is 10.3. The molecule has 0 aliphatic carbocycles. The van der Waals surface area contributed by atoms with Crippen molar-refractivity contribution >= 4 is 5.91 Å². The molecule has 18 heavy (non-hydrogen) atoms. The molecule has 1 aliphatic heterocycles. The third-order valence-electron chi connectivity index (χ3n) is 2.89. The SMILES string of the molecule is C=CC(=C)C1OC(C)(C)N(C(=O)C(F)F)C1CF. The van der Waals surface area contributed by atoms with Gasteiger partial charge in [0.25, 0.3) is 5.91 Å². The van der Waals surface area contributed by atoms with Gasteiger partial charge in [-0.25, -0.2) is 4.39 Å². The van der Waals surface area contributed by atoms with Crippen LogP contribution in [-0.4, -0.2) is 41.8 Å². The van der Waals surface area contributed by atoms with E-state index in [1.807, 2.05) is 0 Å². The summed E-state index contributed by atoms with van der Waals surface area (Å²) in [5.41, 5.74) is -0.948. The molecule has 2 unspecified atom stereocenters. The highest BCUT2D eigenvalue weighted by Crippen LogP contribution is 2.36. The van der Waals surface area contributed by atoms with Crippen LogP contribution in [0.15, 0.2) is 24.8 Å². The number of carbonyl (C=O) groups excluding carboxylic acids is 1. The van der Waals surface area contributed by atoms with Crippen LogP contribution in [0.2, 0.25) is 0 Å². The van der Waals surface area contributed by atoms with Gasteiger partial charge in [0, 0.05) is 0 Å². The van der Waals surface area contributed by atoms with Crippen molar-refractivity contribution < 1.29 is 22.7 Å². The lowest BCUT2D eigenvalue weighted by Crippen LogP contribution is -2.51. The van der Waals surface area contributed by atoms with Crippen LogP contribution < -0.4 is 0 Å². The summed E-state index contributed by atoms with van der Waals surface area (Å²) in [6.45, 7) is 8.98. The molecule has 0 saturated carbocycles. The number of carbonyl (C=O) groups is 1. The Kier molecular flexibility index (Phi) is 4.21. The zero-order chi connectivity index (χ0) is 14.1. The maximum absolute atomic E-state index is 13.1. The smallest absolute Gasteiger partial charge is 0.315 e. The number of hydrogen-bond donors (Lipinski definition) is 0. The van der Waals surface area contributed by atoms with Gasteiger partial charge in [-0.15, -0.1) is 0 Å². The maximum atomic E-state index is 13.1. The first-order chi connectivity index (χ1) is 8.26. The predicted molar refractivity (Wildman–Crippen MR) is 60.9 cm³/mol. The van der Waals surface area contributed by atoms with E-state index in [0.29, 0.717) is 5.57 Å². The highest BCUT2D eigenvalue weighted by atomic mass is 19.3. The van der Waals surface area contributed by atoms with Crippen molar-refractivity contribution in [1.82, 2.24) is 4.90 Å². The first-order valence-electron chi connectivity index (χ1n) is 5.42. The third-order valence-corrected chi connectivity index (χ3v) is 2.89. The Bertz CT molecular complexity index is 368. The molecule has 1 fully saturated rings. The van der Waals surface area contributed by atoms with Crippen molar-refractivity contribution in [3.8, 4) is 0 Å². The summed E-state index contributed by atoms with van der Waals surface area (Å²) in [5, 5.41) is 0. The topological polar surface area (TPSA) is 29.5 Å². The zero-order valence-corrected chi connectivity index (χ0v) is 10.3. The quantitative estimate of drug-likeness (QED) is 0.728. The van der Waals surface area contributed by atoms with Gasteiger partial charge in [0.05, 0.1) is 6.04 Å². The minimum atomic E-state index is -3.20. The average molecular weight is 263 g/mol. The lowest BCUT2D eigenvalue weighted by molar-refractivity contribution is -0.158. The van der Waals surface area contributed by atoms with Crippen LogP contribution in [0.4, 0.5) is 13.2 Å². The summed E-state index contributed by atoms with van der Waals surface area (Å²) in [6, 6.07) is -1.10. The Morgan fingerprint density at radius 3 is 2.50 bits per heavy atom. The molecule has 102 valence electrons. The molecule has 0 spiro atoms. The van der Waals surface area contributed by atoms with Crippen LogP contribution in [0.5, 0.6) is 0 Å². The molecular weight excluding hydrogens is 247 g/mol. The van der Waals surface area contributed by atoms with E-state index in [1.165, 1.54) is 19.9 Å². The summed E-state index contributed by atoms with van der Waals surface area (Å²) in [6.07, 6.45) is -2.69. The number of amides is 1. The number of rotatable bonds is 4. The van der Waals surface area contributed by atoms with E-state index in [2.05, 4.69) is 13.2 Å². The molecule has 1 amide bonds. The molecule has 0 N–H and O–H groups in total. The van der Waals surface area contributed by atoms with Gasteiger partial charge in [-0.05, 0) is 19.4 Å². The normalized spacial score (nSPS) is 26.4. The molecule has 0 aromatic rings. The van der Waals surface area contributed by atoms with Crippen molar-refractivity contribution in [2.45, 2.75) is 38.1 Å². The van der Waals surface area contributed by atoms with Crippen LogP contribution in [-0.2, 0) is 9.53 Å². The third kappa shape index (κ3) is 2.43. The molecule has 1 saturated heterocycles. The summed E-state index contributed by atoms with van der Waals surface area (Å²) in [7, 11) is 0. The van der Waals surface area contributed by atoms with Crippen molar-refractivity contribution in [3.05, 3.63) is 24.8 Å². The van der Waals surface area contributed by atoms with E-state index in [9.17, 15) is 18.0 Å². The Labute approximate surface area is 104 Å². The first-order valence-corrected chi connectivity index (χ1v) is 5.42. The van der Waals surface area contributed by atoms with Crippen LogP contribution in [0, 0.1) is 0 Å². The van der Waals surface area contributed by atoms with E-state index in [4.69, 9.17) is 4.74 Å². The molecule has 6 heteroatoms. The Hall–Kier alpha value is -1.30. The van der Waals surface area contributed by atoms with Gasteiger partial charge in [-0.3, -0.25) is 4.79 Å². The monoisotopic (exact) mass is 263 g/mol.